The van der Waals surface area contributed by atoms with E-state index in [0.29, 0.717) is 12.6 Å². The third kappa shape index (κ3) is 5.08. The minimum Gasteiger partial charge on any atom is -0.375 e. The lowest BCUT2D eigenvalue weighted by atomic mass is 10.1. The molecule has 116 valence electrons. The van der Waals surface area contributed by atoms with E-state index in [4.69, 9.17) is 10.5 Å². The van der Waals surface area contributed by atoms with Crippen LogP contribution in [-0.4, -0.2) is 67.1 Å². The number of piperidine rings is 1. The Morgan fingerprint density at radius 3 is 2.60 bits per heavy atom. The molecule has 0 aromatic rings. The number of nitrogens with zero attached hydrogens (tertiary/aromatic N) is 3. The summed E-state index contributed by atoms with van der Waals surface area (Å²) in [4.78, 5) is 20.1. The fourth-order valence-electron chi connectivity index (χ4n) is 2.52. The Hall–Kier alpha value is -0.570. The van der Waals surface area contributed by atoms with Crippen molar-refractivity contribution in [3.05, 3.63) is 0 Å². The normalized spacial score (nSPS) is 24.2. The molecule has 0 aromatic carbocycles. The van der Waals surface area contributed by atoms with Crippen LogP contribution in [0.4, 0.5) is 0 Å². The number of hydrogen-bond donors (Lipinski definition) is 1. The molecule has 0 bridgehead atoms. The molecule has 0 aliphatic carbocycles. The monoisotopic (exact) mass is 396 g/mol. The van der Waals surface area contributed by atoms with E-state index in [1.54, 1.807) is 0 Å². The van der Waals surface area contributed by atoms with Crippen LogP contribution in [0.15, 0.2) is 4.99 Å². The average molecular weight is 396 g/mol. The molecule has 20 heavy (non-hydrogen) atoms. The highest BCUT2D eigenvalue weighted by Crippen LogP contribution is 2.09. The van der Waals surface area contributed by atoms with Gasteiger partial charge in [0.25, 0.3) is 0 Å². The van der Waals surface area contributed by atoms with Crippen LogP contribution in [0, 0.1) is 0 Å². The van der Waals surface area contributed by atoms with Gasteiger partial charge in [0.2, 0.25) is 5.91 Å². The lowest BCUT2D eigenvalue weighted by Gasteiger charge is -2.32. The Morgan fingerprint density at radius 2 is 1.95 bits per heavy atom. The van der Waals surface area contributed by atoms with E-state index in [1.807, 2.05) is 16.7 Å². The van der Waals surface area contributed by atoms with Gasteiger partial charge in [-0.1, -0.05) is 0 Å². The number of morpholine rings is 1. The number of amides is 1. The molecule has 0 spiro atoms. The number of ether oxygens (including phenoxy) is 1. The standard InChI is InChI=1S/C13H24N4O2.HI/c1-11-10-17(7-8-19-11)13(14)15-9-12(18)16-5-3-2-4-6-16;/h11H,2-10H2,1H3,(H2,14,15);1H. The number of aliphatic imine (C=N–C) groups is 1. The lowest BCUT2D eigenvalue weighted by molar-refractivity contribution is -0.130. The molecule has 1 amide bonds. The van der Waals surface area contributed by atoms with Gasteiger partial charge < -0.3 is 20.3 Å². The molecule has 2 rings (SSSR count). The number of nitrogens with two attached hydrogens (primary N) is 1. The van der Waals surface area contributed by atoms with Crippen molar-refractivity contribution in [3.8, 4) is 0 Å². The van der Waals surface area contributed by atoms with Crippen molar-refractivity contribution in [2.24, 2.45) is 10.7 Å². The first-order chi connectivity index (χ1) is 9.16. The molecular formula is C13H25IN4O2. The molecule has 0 aromatic heterocycles. The highest BCUT2D eigenvalue weighted by Gasteiger charge is 2.19. The van der Waals surface area contributed by atoms with Crippen LogP contribution in [0.1, 0.15) is 26.2 Å². The summed E-state index contributed by atoms with van der Waals surface area (Å²) in [6.45, 7) is 6.06. The fourth-order valence-corrected chi connectivity index (χ4v) is 2.52. The van der Waals surface area contributed by atoms with Gasteiger partial charge in [0.1, 0.15) is 6.54 Å². The molecule has 1 unspecified atom stereocenters. The SMILES string of the molecule is CC1CN(C(N)=NCC(=O)N2CCCCC2)CCO1.I. The summed E-state index contributed by atoms with van der Waals surface area (Å²) in [5, 5.41) is 0. The molecule has 7 heteroatoms. The van der Waals surface area contributed by atoms with Crippen molar-refractivity contribution < 1.29 is 9.53 Å². The maximum Gasteiger partial charge on any atom is 0.244 e. The summed E-state index contributed by atoms with van der Waals surface area (Å²) in [6.07, 6.45) is 3.60. The van der Waals surface area contributed by atoms with Crippen LogP contribution in [0.25, 0.3) is 0 Å². The quantitative estimate of drug-likeness (QED) is 0.423. The van der Waals surface area contributed by atoms with Crippen molar-refractivity contribution in [1.29, 1.82) is 0 Å². The number of rotatable bonds is 2. The van der Waals surface area contributed by atoms with Crippen LogP contribution in [0.5, 0.6) is 0 Å². The summed E-state index contributed by atoms with van der Waals surface area (Å²) < 4.78 is 5.45. The van der Waals surface area contributed by atoms with Gasteiger partial charge >= 0.3 is 0 Å². The van der Waals surface area contributed by atoms with Gasteiger partial charge in [-0.15, -0.1) is 24.0 Å². The van der Waals surface area contributed by atoms with Crippen molar-refractivity contribution in [2.75, 3.05) is 39.3 Å². The van der Waals surface area contributed by atoms with E-state index in [0.717, 1.165) is 39.0 Å². The molecule has 2 fully saturated rings. The first-order valence-electron chi connectivity index (χ1n) is 7.11. The van der Waals surface area contributed by atoms with Gasteiger partial charge in [-0.25, -0.2) is 4.99 Å². The van der Waals surface area contributed by atoms with Crippen molar-refractivity contribution >= 4 is 35.8 Å². The Labute approximate surface area is 137 Å². The predicted octanol–water partition coefficient (Wildman–Crippen LogP) is 0.652. The number of carbonyl (C=O) groups is 1. The van der Waals surface area contributed by atoms with Crippen molar-refractivity contribution in [3.63, 3.8) is 0 Å². The number of likely N-dealkylation sites (tertiary alicyclic amines) is 1. The van der Waals surface area contributed by atoms with Crippen LogP contribution in [0.2, 0.25) is 0 Å². The maximum absolute atomic E-state index is 12.0. The van der Waals surface area contributed by atoms with Gasteiger partial charge in [0.05, 0.1) is 12.7 Å². The number of halogens is 1. The second-order valence-electron chi connectivity index (χ2n) is 5.24. The number of carbonyl (C=O) groups excluding carboxylic acids is 1. The Balaban J connectivity index is 0.00000200. The molecule has 2 heterocycles. The Bertz CT molecular complexity index is 345. The summed E-state index contributed by atoms with van der Waals surface area (Å²) in [5.74, 6) is 0.546. The second-order valence-corrected chi connectivity index (χ2v) is 5.24. The molecule has 0 radical (unpaired) electrons. The van der Waals surface area contributed by atoms with Gasteiger partial charge in [0, 0.05) is 26.2 Å². The van der Waals surface area contributed by atoms with E-state index in [2.05, 4.69) is 4.99 Å². The zero-order chi connectivity index (χ0) is 13.7. The Kier molecular flexibility index (Phi) is 7.57. The van der Waals surface area contributed by atoms with Crippen LogP contribution >= 0.6 is 24.0 Å². The smallest absolute Gasteiger partial charge is 0.244 e. The molecule has 6 nitrogen and oxygen atoms in total. The summed E-state index contributed by atoms with van der Waals surface area (Å²) in [6, 6.07) is 0. The van der Waals surface area contributed by atoms with Crippen molar-refractivity contribution in [1.82, 2.24) is 9.80 Å². The minimum atomic E-state index is 0. The van der Waals surface area contributed by atoms with E-state index in [1.165, 1.54) is 6.42 Å². The summed E-state index contributed by atoms with van der Waals surface area (Å²) in [5.41, 5.74) is 5.94. The van der Waals surface area contributed by atoms with Gasteiger partial charge in [0.15, 0.2) is 5.96 Å². The van der Waals surface area contributed by atoms with E-state index in [-0.39, 0.29) is 42.5 Å². The minimum absolute atomic E-state index is 0. The first-order valence-corrected chi connectivity index (χ1v) is 7.11. The summed E-state index contributed by atoms with van der Waals surface area (Å²) >= 11 is 0. The zero-order valence-corrected chi connectivity index (χ0v) is 14.4. The van der Waals surface area contributed by atoms with E-state index < -0.39 is 0 Å². The predicted molar refractivity (Wildman–Crippen MR) is 89.3 cm³/mol. The first kappa shape index (κ1) is 17.5. The maximum atomic E-state index is 12.0. The average Bonchev–Trinajstić information content (AvgIpc) is 2.45. The molecule has 2 aliphatic heterocycles. The summed E-state index contributed by atoms with van der Waals surface area (Å²) in [7, 11) is 0. The Morgan fingerprint density at radius 1 is 1.25 bits per heavy atom. The number of hydrogen-bond acceptors (Lipinski definition) is 3. The zero-order valence-electron chi connectivity index (χ0n) is 12.1. The van der Waals surface area contributed by atoms with Gasteiger partial charge in [-0.2, -0.15) is 0 Å². The second kappa shape index (κ2) is 8.66. The van der Waals surface area contributed by atoms with Crippen LogP contribution < -0.4 is 5.73 Å². The van der Waals surface area contributed by atoms with Crippen molar-refractivity contribution in [2.45, 2.75) is 32.3 Å². The molecule has 2 aliphatic rings. The third-order valence-corrected chi connectivity index (χ3v) is 3.65. The molecule has 2 N–H and O–H groups in total. The topological polar surface area (TPSA) is 71.2 Å². The van der Waals surface area contributed by atoms with Gasteiger partial charge in [-0.3, -0.25) is 4.79 Å². The lowest BCUT2D eigenvalue weighted by Crippen LogP contribution is -2.48. The highest BCUT2D eigenvalue weighted by atomic mass is 127. The van der Waals surface area contributed by atoms with E-state index >= 15 is 0 Å². The molecular weight excluding hydrogens is 371 g/mol. The van der Waals surface area contributed by atoms with E-state index in [9.17, 15) is 4.79 Å². The molecule has 2 saturated heterocycles. The largest absolute Gasteiger partial charge is 0.375 e. The number of guanidine groups is 1. The van der Waals surface area contributed by atoms with Gasteiger partial charge in [-0.05, 0) is 26.2 Å². The third-order valence-electron chi connectivity index (χ3n) is 3.65. The molecule has 1 atom stereocenters. The van der Waals surface area contributed by atoms with Crippen LogP contribution in [0.3, 0.4) is 0 Å². The molecule has 0 saturated carbocycles. The fraction of sp³-hybridized carbons (Fsp3) is 0.846. The van der Waals surface area contributed by atoms with Crippen LogP contribution in [-0.2, 0) is 9.53 Å². The highest BCUT2D eigenvalue weighted by molar-refractivity contribution is 14.0.